The molecule has 0 amide bonds. The maximum absolute atomic E-state index is 12.8. The summed E-state index contributed by atoms with van der Waals surface area (Å²) in [6.45, 7) is 0.516. The molecule has 0 radical (unpaired) electrons. The summed E-state index contributed by atoms with van der Waals surface area (Å²) in [5.74, 6) is -0.152. The molecule has 1 aliphatic rings. The highest BCUT2D eigenvalue weighted by molar-refractivity contribution is 9.11. The third kappa shape index (κ3) is 4.11. The van der Waals surface area contributed by atoms with Crippen LogP contribution in [-0.2, 0) is 14.8 Å². The average molecular weight is 460 g/mol. The van der Waals surface area contributed by atoms with Gasteiger partial charge in [-0.1, -0.05) is 12.1 Å². The second-order valence-corrected chi connectivity index (χ2v) is 10.5. The van der Waals surface area contributed by atoms with Gasteiger partial charge in [0.15, 0.2) is 11.5 Å². The lowest BCUT2D eigenvalue weighted by Gasteiger charge is -2.30. The maximum atomic E-state index is 12.8. The van der Waals surface area contributed by atoms with Crippen molar-refractivity contribution in [3.63, 3.8) is 0 Å². The number of hydrogen-bond donors (Lipinski definition) is 0. The van der Waals surface area contributed by atoms with E-state index >= 15 is 0 Å². The highest BCUT2D eigenvalue weighted by atomic mass is 79.9. The van der Waals surface area contributed by atoms with Gasteiger partial charge in [0.2, 0.25) is 0 Å². The molecule has 1 aliphatic heterocycles. The van der Waals surface area contributed by atoms with Gasteiger partial charge < -0.3 is 9.47 Å². The van der Waals surface area contributed by atoms with Gasteiger partial charge in [-0.2, -0.15) is 4.31 Å². The van der Waals surface area contributed by atoms with Crippen molar-refractivity contribution in [2.45, 2.75) is 17.1 Å². The van der Waals surface area contributed by atoms with E-state index in [4.69, 9.17) is 9.47 Å². The Labute approximate surface area is 164 Å². The van der Waals surface area contributed by atoms with Crippen LogP contribution in [0.1, 0.15) is 12.8 Å². The summed E-state index contributed by atoms with van der Waals surface area (Å²) >= 11 is 4.44. The number of para-hydroxylation sites is 2. The van der Waals surface area contributed by atoms with E-state index in [2.05, 4.69) is 15.9 Å². The van der Waals surface area contributed by atoms with Crippen LogP contribution in [0.25, 0.3) is 0 Å². The Hall–Kier alpha value is -1.42. The number of carbonyl (C=O) groups excluding carboxylic acids is 1. The lowest BCUT2D eigenvalue weighted by molar-refractivity contribution is -0.140. The summed E-state index contributed by atoms with van der Waals surface area (Å²) in [4.78, 5) is 12.5. The van der Waals surface area contributed by atoms with Gasteiger partial charge in [0.25, 0.3) is 10.0 Å². The first-order valence-electron chi connectivity index (χ1n) is 8.02. The molecule has 0 bridgehead atoms. The molecule has 140 valence electrons. The molecule has 2 heterocycles. The van der Waals surface area contributed by atoms with E-state index < -0.39 is 21.9 Å². The molecule has 6 nitrogen and oxygen atoms in total. The molecule has 26 heavy (non-hydrogen) atoms. The van der Waals surface area contributed by atoms with Crippen molar-refractivity contribution in [3.8, 4) is 11.5 Å². The van der Waals surface area contributed by atoms with Gasteiger partial charge in [-0.25, -0.2) is 8.42 Å². The molecule has 0 saturated carbocycles. The monoisotopic (exact) mass is 459 g/mol. The molecule has 2 aromatic rings. The molecule has 0 spiro atoms. The lowest BCUT2D eigenvalue weighted by Crippen LogP contribution is -2.43. The lowest BCUT2D eigenvalue weighted by atomic mass is 10.00. The molecular weight excluding hydrogens is 442 g/mol. The van der Waals surface area contributed by atoms with E-state index in [1.165, 1.54) is 11.4 Å². The first kappa shape index (κ1) is 19.3. The van der Waals surface area contributed by atoms with Gasteiger partial charge in [0.05, 0.1) is 16.8 Å². The largest absolute Gasteiger partial charge is 0.493 e. The van der Waals surface area contributed by atoms with Gasteiger partial charge >= 0.3 is 5.97 Å². The molecule has 0 unspecified atom stereocenters. The molecule has 0 N–H and O–H groups in total. The van der Waals surface area contributed by atoms with Crippen LogP contribution < -0.4 is 9.47 Å². The number of esters is 1. The summed E-state index contributed by atoms with van der Waals surface area (Å²) < 4.78 is 38.6. The number of thiophene rings is 1. The fourth-order valence-electron chi connectivity index (χ4n) is 2.81. The smallest absolute Gasteiger partial charge is 0.315 e. The van der Waals surface area contributed by atoms with Crippen LogP contribution in [-0.4, -0.2) is 38.9 Å². The van der Waals surface area contributed by atoms with Crippen LogP contribution >= 0.6 is 27.3 Å². The van der Waals surface area contributed by atoms with Gasteiger partial charge in [0, 0.05) is 13.1 Å². The normalized spacial score (nSPS) is 18.5. The van der Waals surface area contributed by atoms with Crippen molar-refractivity contribution < 1.29 is 22.7 Å². The predicted molar refractivity (Wildman–Crippen MR) is 102 cm³/mol. The van der Waals surface area contributed by atoms with Gasteiger partial charge in [-0.05, 0) is 53.0 Å². The molecule has 1 atom stereocenters. The highest BCUT2D eigenvalue weighted by Gasteiger charge is 2.35. The van der Waals surface area contributed by atoms with Crippen LogP contribution in [0.2, 0.25) is 0 Å². The number of ether oxygens (including phenoxy) is 2. The predicted octanol–water partition coefficient (Wildman–Crippen LogP) is 3.53. The number of halogens is 1. The fraction of sp³-hybridized carbons (Fsp3) is 0.353. The van der Waals surface area contributed by atoms with Crippen molar-refractivity contribution >= 4 is 43.3 Å². The molecule has 1 saturated heterocycles. The summed E-state index contributed by atoms with van der Waals surface area (Å²) in [6, 6.07) is 10.2. The highest BCUT2D eigenvalue weighted by Crippen LogP contribution is 2.32. The first-order chi connectivity index (χ1) is 12.4. The molecule has 9 heteroatoms. The zero-order chi connectivity index (χ0) is 18.7. The number of carbonyl (C=O) groups is 1. The van der Waals surface area contributed by atoms with E-state index in [9.17, 15) is 13.2 Å². The number of piperidine rings is 1. The van der Waals surface area contributed by atoms with Gasteiger partial charge in [-0.3, -0.25) is 4.79 Å². The number of nitrogens with zero attached hydrogens (tertiary/aromatic N) is 1. The number of benzene rings is 1. The third-order valence-electron chi connectivity index (χ3n) is 4.14. The fourth-order valence-corrected chi connectivity index (χ4v) is 6.50. The number of methoxy groups -OCH3 is 1. The van der Waals surface area contributed by atoms with Crippen molar-refractivity contribution in [2.24, 2.45) is 5.92 Å². The molecule has 3 rings (SSSR count). The van der Waals surface area contributed by atoms with Gasteiger partial charge in [0.1, 0.15) is 4.21 Å². The van der Waals surface area contributed by atoms with Crippen LogP contribution in [0.5, 0.6) is 11.5 Å². The summed E-state index contributed by atoms with van der Waals surface area (Å²) in [5.41, 5.74) is 0. The Morgan fingerprint density at radius 2 is 1.96 bits per heavy atom. The molecule has 1 aromatic heterocycles. The van der Waals surface area contributed by atoms with Crippen LogP contribution in [0, 0.1) is 5.92 Å². The minimum absolute atomic E-state index is 0.117. The van der Waals surface area contributed by atoms with Crippen molar-refractivity contribution in [2.75, 3.05) is 20.2 Å². The zero-order valence-corrected chi connectivity index (χ0v) is 17.3. The van der Waals surface area contributed by atoms with Crippen LogP contribution in [0.3, 0.4) is 0 Å². The summed E-state index contributed by atoms with van der Waals surface area (Å²) in [5, 5.41) is 0. The molecular formula is C17H18BrNO5S2. The Morgan fingerprint density at radius 3 is 2.62 bits per heavy atom. The second-order valence-electron chi connectivity index (χ2n) is 5.83. The molecule has 1 fully saturated rings. The maximum Gasteiger partial charge on any atom is 0.315 e. The minimum atomic E-state index is -3.60. The third-order valence-corrected chi connectivity index (χ3v) is 8.10. The Balaban J connectivity index is 1.73. The Bertz CT molecular complexity index is 896. The van der Waals surface area contributed by atoms with Crippen molar-refractivity contribution in [1.82, 2.24) is 4.31 Å². The number of sulfonamides is 1. The Morgan fingerprint density at radius 1 is 1.23 bits per heavy atom. The standard InChI is InChI=1S/C17H18BrNO5S2/c1-23-13-6-2-3-7-14(13)24-17(20)12-5-4-10-19(11-12)26(21,22)16-9-8-15(18)25-16/h2-3,6-9,12H,4-5,10-11H2,1H3/t12-/m1/s1. The van der Waals surface area contributed by atoms with E-state index in [0.29, 0.717) is 30.9 Å². The topological polar surface area (TPSA) is 72.9 Å². The first-order valence-corrected chi connectivity index (χ1v) is 11.1. The SMILES string of the molecule is COc1ccccc1OC(=O)[C@@H]1CCCN(S(=O)(=O)c2ccc(Br)s2)C1. The van der Waals surface area contributed by atoms with Crippen molar-refractivity contribution in [1.29, 1.82) is 0 Å². The quantitative estimate of drug-likeness (QED) is 0.504. The average Bonchev–Trinajstić information content (AvgIpc) is 3.09. The minimum Gasteiger partial charge on any atom is -0.493 e. The zero-order valence-electron chi connectivity index (χ0n) is 14.1. The van der Waals surface area contributed by atoms with E-state index in [1.807, 2.05) is 0 Å². The summed E-state index contributed by atoms with van der Waals surface area (Å²) in [6.07, 6.45) is 1.20. The number of hydrogen-bond acceptors (Lipinski definition) is 6. The number of rotatable bonds is 5. The van der Waals surface area contributed by atoms with E-state index in [0.717, 1.165) is 15.1 Å². The van der Waals surface area contributed by atoms with E-state index in [1.54, 1.807) is 36.4 Å². The van der Waals surface area contributed by atoms with Crippen LogP contribution in [0.4, 0.5) is 0 Å². The Kier molecular flexibility index (Phi) is 6.01. The van der Waals surface area contributed by atoms with Crippen LogP contribution in [0.15, 0.2) is 44.4 Å². The van der Waals surface area contributed by atoms with Gasteiger partial charge in [-0.15, -0.1) is 11.3 Å². The van der Waals surface area contributed by atoms with E-state index in [-0.39, 0.29) is 10.8 Å². The molecule has 0 aliphatic carbocycles. The van der Waals surface area contributed by atoms with Crippen molar-refractivity contribution in [3.05, 3.63) is 40.2 Å². The second kappa shape index (κ2) is 8.08. The summed E-state index contributed by atoms with van der Waals surface area (Å²) in [7, 11) is -2.10. The molecule has 1 aromatic carbocycles.